The van der Waals surface area contributed by atoms with Crippen molar-refractivity contribution < 1.29 is 0 Å². The maximum absolute atomic E-state index is 3.64. The molecule has 16 heavy (non-hydrogen) atoms. The average molecular weight is 242 g/mol. The Labute approximate surface area is 105 Å². The standard InChI is InChI=1S/C13H26N2S/c1-3-14-11-9-12-5-6-13(10-11)15(12)7-4-8-16-2/h11-14H,3-10H2,1-2H3. The van der Waals surface area contributed by atoms with E-state index < -0.39 is 0 Å². The summed E-state index contributed by atoms with van der Waals surface area (Å²) in [5.41, 5.74) is 0. The Morgan fingerprint density at radius 2 is 1.94 bits per heavy atom. The van der Waals surface area contributed by atoms with Crippen LogP contribution in [0.1, 0.15) is 39.0 Å². The molecule has 0 aromatic rings. The second kappa shape index (κ2) is 6.27. The normalized spacial score (nSPS) is 34.5. The fourth-order valence-electron chi connectivity index (χ4n) is 3.49. The summed E-state index contributed by atoms with van der Waals surface area (Å²) in [6, 6.07) is 2.59. The van der Waals surface area contributed by atoms with Crippen molar-refractivity contribution in [2.45, 2.75) is 57.2 Å². The molecule has 0 spiro atoms. The molecule has 3 heteroatoms. The van der Waals surface area contributed by atoms with Crippen LogP contribution in [0, 0.1) is 0 Å². The van der Waals surface area contributed by atoms with Crippen LogP contribution in [0.2, 0.25) is 0 Å². The van der Waals surface area contributed by atoms with Gasteiger partial charge >= 0.3 is 0 Å². The molecule has 0 aromatic carbocycles. The Morgan fingerprint density at radius 1 is 1.25 bits per heavy atom. The Morgan fingerprint density at radius 3 is 2.50 bits per heavy atom. The highest BCUT2D eigenvalue weighted by atomic mass is 32.2. The van der Waals surface area contributed by atoms with E-state index >= 15 is 0 Å². The number of rotatable bonds is 6. The van der Waals surface area contributed by atoms with Gasteiger partial charge in [0.05, 0.1) is 0 Å². The van der Waals surface area contributed by atoms with Gasteiger partial charge in [-0.2, -0.15) is 11.8 Å². The first-order valence-corrected chi connectivity index (χ1v) is 8.22. The summed E-state index contributed by atoms with van der Waals surface area (Å²) in [6.45, 7) is 4.71. The lowest BCUT2D eigenvalue weighted by atomic mass is 9.97. The van der Waals surface area contributed by atoms with Crippen LogP contribution in [0.25, 0.3) is 0 Å². The maximum atomic E-state index is 3.64. The van der Waals surface area contributed by atoms with Gasteiger partial charge in [0.2, 0.25) is 0 Å². The van der Waals surface area contributed by atoms with Gasteiger partial charge in [-0.15, -0.1) is 0 Å². The lowest BCUT2D eigenvalue weighted by molar-refractivity contribution is 0.118. The van der Waals surface area contributed by atoms with E-state index in [1.165, 1.54) is 44.4 Å². The molecule has 2 aliphatic rings. The van der Waals surface area contributed by atoms with E-state index in [2.05, 4.69) is 23.4 Å². The van der Waals surface area contributed by atoms with Crippen molar-refractivity contribution in [3.05, 3.63) is 0 Å². The van der Waals surface area contributed by atoms with Gasteiger partial charge < -0.3 is 5.32 Å². The fraction of sp³-hybridized carbons (Fsp3) is 1.00. The van der Waals surface area contributed by atoms with Crippen LogP contribution in [0.5, 0.6) is 0 Å². The maximum Gasteiger partial charge on any atom is 0.0114 e. The molecule has 2 atom stereocenters. The molecule has 2 fully saturated rings. The van der Waals surface area contributed by atoms with Gasteiger partial charge in [-0.1, -0.05) is 6.92 Å². The highest BCUT2D eigenvalue weighted by Crippen LogP contribution is 2.35. The Hall–Kier alpha value is 0.270. The number of thioether (sulfide) groups is 1. The number of hydrogen-bond acceptors (Lipinski definition) is 3. The van der Waals surface area contributed by atoms with Gasteiger partial charge in [-0.05, 0) is 57.2 Å². The zero-order valence-corrected chi connectivity index (χ0v) is 11.6. The molecule has 0 aliphatic carbocycles. The van der Waals surface area contributed by atoms with Gasteiger partial charge in [0, 0.05) is 18.1 Å². The minimum Gasteiger partial charge on any atom is -0.314 e. The minimum atomic E-state index is 0.805. The van der Waals surface area contributed by atoms with Crippen molar-refractivity contribution in [2.75, 3.05) is 25.1 Å². The van der Waals surface area contributed by atoms with E-state index in [0.717, 1.165) is 24.7 Å². The van der Waals surface area contributed by atoms with E-state index in [1.54, 1.807) is 0 Å². The number of hydrogen-bond donors (Lipinski definition) is 1. The molecule has 2 aliphatic heterocycles. The smallest absolute Gasteiger partial charge is 0.0114 e. The van der Waals surface area contributed by atoms with Gasteiger partial charge in [0.15, 0.2) is 0 Å². The molecule has 2 unspecified atom stereocenters. The molecule has 1 N–H and O–H groups in total. The number of nitrogens with one attached hydrogen (secondary N) is 1. The molecule has 2 heterocycles. The molecule has 2 nitrogen and oxygen atoms in total. The van der Waals surface area contributed by atoms with Gasteiger partial charge in [-0.3, -0.25) is 4.90 Å². The van der Waals surface area contributed by atoms with Gasteiger partial charge in [0.1, 0.15) is 0 Å². The van der Waals surface area contributed by atoms with Crippen molar-refractivity contribution in [1.29, 1.82) is 0 Å². The summed E-state index contributed by atoms with van der Waals surface area (Å²) in [5, 5.41) is 3.64. The van der Waals surface area contributed by atoms with Crippen molar-refractivity contribution >= 4 is 11.8 Å². The minimum absolute atomic E-state index is 0.805. The second-order valence-electron chi connectivity index (χ2n) is 5.20. The van der Waals surface area contributed by atoms with Crippen LogP contribution in [0.15, 0.2) is 0 Å². The lowest BCUT2D eigenvalue weighted by Gasteiger charge is -2.39. The van der Waals surface area contributed by atoms with Crippen molar-refractivity contribution in [3.63, 3.8) is 0 Å². The van der Waals surface area contributed by atoms with E-state index in [-0.39, 0.29) is 0 Å². The second-order valence-corrected chi connectivity index (χ2v) is 6.18. The summed E-state index contributed by atoms with van der Waals surface area (Å²) in [4.78, 5) is 2.81. The summed E-state index contributed by atoms with van der Waals surface area (Å²) < 4.78 is 0. The van der Waals surface area contributed by atoms with Crippen LogP contribution in [-0.2, 0) is 0 Å². The molecule has 2 bridgehead atoms. The van der Waals surface area contributed by atoms with Crippen LogP contribution < -0.4 is 5.32 Å². The third kappa shape index (κ3) is 2.93. The number of fused-ring (bicyclic) bond motifs is 2. The zero-order chi connectivity index (χ0) is 11.4. The molecular weight excluding hydrogens is 216 g/mol. The Balaban J connectivity index is 1.80. The fourth-order valence-corrected chi connectivity index (χ4v) is 3.90. The van der Waals surface area contributed by atoms with Gasteiger partial charge in [0.25, 0.3) is 0 Å². The molecule has 94 valence electrons. The van der Waals surface area contributed by atoms with Crippen LogP contribution in [-0.4, -0.2) is 48.1 Å². The lowest BCUT2D eigenvalue weighted by Crippen LogP contribution is -2.49. The molecule has 0 radical (unpaired) electrons. The van der Waals surface area contributed by atoms with E-state index in [1.807, 2.05) is 11.8 Å². The Kier molecular flexibility index (Phi) is 4.98. The van der Waals surface area contributed by atoms with Crippen molar-refractivity contribution in [3.8, 4) is 0 Å². The molecule has 2 saturated heterocycles. The van der Waals surface area contributed by atoms with Gasteiger partial charge in [-0.25, -0.2) is 0 Å². The molecule has 2 rings (SSSR count). The summed E-state index contributed by atoms with van der Waals surface area (Å²) >= 11 is 1.98. The topological polar surface area (TPSA) is 15.3 Å². The zero-order valence-electron chi connectivity index (χ0n) is 10.7. The van der Waals surface area contributed by atoms with E-state index in [0.29, 0.717) is 0 Å². The monoisotopic (exact) mass is 242 g/mol. The van der Waals surface area contributed by atoms with Crippen LogP contribution in [0.4, 0.5) is 0 Å². The first-order valence-electron chi connectivity index (χ1n) is 6.83. The van der Waals surface area contributed by atoms with E-state index in [9.17, 15) is 0 Å². The average Bonchev–Trinajstić information content (AvgIpc) is 2.52. The van der Waals surface area contributed by atoms with Crippen LogP contribution in [0.3, 0.4) is 0 Å². The largest absolute Gasteiger partial charge is 0.314 e. The molecular formula is C13H26N2S. The summed E-state index contributed by atoms with van der Waals surface area (Å²) in [5.74, 6) is 1.33. The first kappa shape index (κ1) is 12.7. The highest BCUT2D eigenvalue weighted by Gasteiger charge is 2.39. The van der Waals surface area contributed by atoms with Crippen LogP contribution >= 0.6 is 11.8 Å². The summed E-state index contributed by atoms with van der Waals surface area (Å²) in [7, 11) is 0. The SMILES string of the molecule is CCNC1CC2CCC(C1)N2CCCSC. The predicted molar refractivity (Wildman–Crippen MR) is 73.2 cm³/mol. The molecule has 0 saturated carbocycles. The van der Waals surface area contributed by atoms with Crippen molar-refractivity contribution in [2.24, 2.45) is 0 Å². The number of nitrogens with zero attached hydrogens (tertiary/aromatic N) is 1. The first-order chi connectivity index (χ1) is 7.85. The molecule has 0 aromatic heterocycles. The summed E-state index contributed by atoms with van der Waals surface area (Å²) in [6.07, 6.45) is 9.27. The van der Waals surface area contributed by atoms with Crippen molar-refractivity contribution in [1.82, 2.24) is 10.2 Å². The number of piperidine rings is 1. The third-order valence-electron chi connectivity index (χ3n) is 4.14. The highest BCUT2D eigenvalue weighted by molar-refractivity contribution is 7.98. The Bertz CT molecular complexity index is 196. The van der Waals surface area contributed by atoms with E-state index in [4.69, 9.17) is 0 Å². The predicted octanol–water partition coefficient (Wildman–Crippen LogP) is 2.34. The quantitative estimate of drug-likeness (QED) is 0.720. The molecule has 0 amide bonds. The third-order valence-corrected chi connectivity index (χ3v) is 4.84.